The zero-order chi connectivity index (χ0) is 16.3. The third-order valence-corrected chi connectivity index (χ3v) is 3.30. The fourth-order valence-corrected chi connectivity index (χ4v) is 1.93. The maximum Gasteiger partial charge on any atom is 0.151 e. The van der Waals surface area contributed by atoms with Gasteiger partial charge in [0, 0.05) is 5.56 Å². The molecule has 0 aromatic heterocycles. The lowest BCUT2D eigenvalue weighted by Gasteiger charge is -2.19. The summed E-state index contributed by atoms with van der Waals surface area (Å²) in [5.74, 6) is -1.29. The average Bonchev–Trinajstić information content (AvgIpc) is 2.46. The molecule has 5 heteroatoms. The molecule has 0 aliphatic heterocycles. The fourth-order valence-electron chi connectivity index (χ4n) is 1.93. The largest absolute Gasteiger partial charge is 0.382 e. The monoisotopic (exact) mass is 303 g/mol. The summed E-state index contributed by atoms with van der Waals surface area (Å²) in [7, 11) is 0. The summed E-state index contributed by atoms with van der Waals surface area (Å²) in [5.41, 5.74) is 9.74. The van der Waals surface area contributed by atoms with E-state index >= 15 is 0 Å². The van der Waals surface area contributed by atoms with Crippen LogP contribution in [0.1, 0.15) is 31.9 Å². The zero-order valence-electron chi connectivity index (χ0n) is 12.8. The first-order chi connectivity index (χ1) is 10.3. The van der Waals surface area contributed by atoms with Crippen LogP contribution in [0.25, 0.3) is 0 Å². The van der Waals surface area contributed by atoms with Crippen LogP contribution in [-0.4, -0.2) is 5.84 Å². The molecule has 3 N–H and O–H groups in total. The molecule has 0 aliphatic carbocycles. The highest BCUT2D eigenvalue weighted by atomic mass is 19.1. The number of nitrogens with two attached hydrogens (primary N) is 1. The normalized spacial score (nSPS) is 12.3. The third-order valence-electron chi connectivity index (χ3n) is 3.30. The van der Waals surface area contributed by atoms with E-state index in [1.807, 2.05) is 24.3 Å². The lowest BCUT2D eigenvalue weighted by molar-refractivity contribution is 0.588. The van der Waals surface area contributed by atoms with Crippen molar-refractivity contribution < 1.29 is 8.78 Å². The topological polar surface area (TPSA) is 50.4 Å². The van der Waals surface area contributed by atoms with Gasteiger partial charge in [-0.1, -0.05) is 51.1 Å². The summed E-state index contributed by atoms with van der Waals surface area (Å²) in [4.78, 5) is 0. The molecule has 0 unspecified atom stereocenters. The van der Waals surface area contributed by atoms with E-state index in [1.165, 1.54) is 6.07 Å². The number of nitrogens with one attached hydrogen (secondary N) is 1. The van der Waals surface area contributed by atoms with Crippen LogP contribution in [0.3, 0.4) is 0 Å². The minimum atomic E-state index is -0.723. The number of rotatable bonds is 3. The van der Waals surface area contributed by atoms with Gasteiger partial charge in [-0.3, -0.25) is 5.43 Å². The predicted molar refractivity (Wildman–Crippen MR) is 85.8 cm³/mol. The Labute approximate surface area is 128 Å². The highest BCUT2D eigenvalue weighted by molar-refractivity contribution is 5.97. The number of hydrazone groups is 1. The van der Waals surface area contributed by atoms with Crippen molar-refractivity contribution in [3.63, 3.8) is 0 Å². The van der Waals surface area contributed by atoms with Crippen LogP contribution >= 0.6 is 0 Å². The van der Waals surface area contributed by atoms with Gasteiger partial charge in [-0.05, 0) is 23.1 Å². The Balaban J connectivity index is 2.19. The standard InChI is InChI=1S/C17H19F2N3/c1-17(2,3)12-9-7-11(8-10-12)16(20)22-21-15-13(18)5-4-6-14(15)19/h4-10,21H,1-3H3,(H2,20,22). The number of nitrogens with zero attached hydrogens (tertiary/aromatic N) is 1. The molecule has 0 fully saturated rings. The first-order valence-corrected chi connectivity index (χ1v) is 6.93. The van der Waals surface area contributed by atoms with Crippen LogP contribution in [0.4, 0.5) is 14.5 Å². The second kappa shape index (κ2) is 6.13. The Hall–Kier alpha value is -2.43. The van der Waals surface area contributed by atoms with Crippen molar-refractivity contribution in [2.24, 2.45) is 10.8 Å². The molecule has 2 rings (SSSR count). The average molecular weight is 303 g/mol. The SMILES string of the molecule is CC(C)(C)c1ccc(/C(N)=N/Nc2c(F)cccc2F)cc1. The van der Waals surface area contributed by atoms with Gasteiger partial charge in [0.05, 0.1) is 0 Å². The first kappa shape index (κ1) is 15.9. The van der Waals surface area contributed by atoms with Crippen molar-refractivity contribution in [2.45, 2.75) is 26.2 Å². The number of amidine groups is 1. The van der Waals surface area contributed by atoms with Gasteiger partial charge in [-0.2, -0.15) is 5.10 Å². The summed E-state index contributed by atoms with van der Waals surface area (Å²) in [5, 5.41) is 3.84. The van der Waals surface area contributed by atoms with Crippen molar-refractivity contribution >= 4 is 11.5 Å². The van der Waals surface area contributed by atoms with E-state index in [9.17, 15) is 8.78 Å². The molecular formula is C17H19F2N3. The Morgan fingerprint density at radius 3 is 2.05 bits per heavy atom. The number of benzene rings is 2. The highest BCUT2D eigenvalue weighted by Crippen LogP contribution is 2.22. The summed E-state index contributed by atoms with van der Waals surface area (Å²) in [6.45, 7) is 6.34. The molecule has 3 nitrogen and oxygen atoms in total. The van der Waals surface area contributed by atoms with E-state index in [0.717, 1.165) is 17.7 Å². The van der Waals surface area contributed by atoms with Crippen LogP contribution in [0.15, 0.2) is 47.6 Å². The van der Waals surface area contributed by atoms with Gasteiger partial charge >= 0.3 is 0 Å². The van der Waals surface area contributed by atoms with Gasteiger partial charge in [0.15, 0.2) is 17.5 Å². The molecule has 2 aromatic rings. The molecule has 22 heavy (non-hydrogen) atoms. The quantitative estimate of drug-likeness (QED) is 0.511. The van der Waals surface area contributed by atoms with Crippen LogP contribution in [0, 0.1) is 11.6 Å². The molecule has 0 radical (unpaired) electrons. The fraction of sp³-hybridized carbons (Fsp3) is 0.235. The van der Waals surface area contributed by atoms with Gasteiger partial charge in [0.2, 0.25) is 0 Å². The van der Waals surface area contributed by atoms with E-state index in [1.54, 1.807) is 0 Å². The van der Waals surface area contributed by atoms with E-state index in [4.69, 9.17) is 5.73 Å². The summed E-state index contributed by atoms with van der Waals surface area (Å²) in [6, 6.07) is 11.2. The lowest BCUT2D eigenvalue weighted by atomic mass is 9.87. The van der Waals surface area contributed by atoms with E-state index in [2.05, 4.69) is 31.3 Å². The number of para-hydroxylation sites is 1. The number of anilines is 1. The van der Waals surface area contributed by atoms with Gasteiger partial charge in [-0.15, -0.1) is 0 Å². The van der Waals surface area contributed by atoms with Crippen molar-refractivity contribution in [1.29, 1.82) is 0 Å². The minimum Gasteiger partial charge on any atom is -0.382 e. The molecule has 0 spiro atoms. The molecule has 0 amide bonds. The maximum absolute atomic E-state index is 13.5. The summed E-state index contributed by atoms with van der Waals surface area (Å²) < 4.78 is 26.9. The van der Waals surface area contributed by atoms with Crippen LogP contribution in [0.2, 0.25) is 0 Å². The molecule has 0 saturated heterocycles. The molecule has 0 atom stereocenters. The second-order valence-corrected chi connectivity index (χ2v) is 6.03. The second-order valence-electron chi connectivity index (χ2n) is 6.03. The number of halogens is 2. The van der Waals surface area contributed by atoms with Gasteiger partial charge < -0.3 is 5.73 Å². The minimum absolute atomic E-state index is 0.0407. The summed E-state index contributed by atoms with van der Waals surface area (Å²) >= 11 is 0. The lowest BCUT2D eigenvalue weighted by Crippen LogP contribution is -2.17. The number of hydrogen-bond donors (Lipinski definition) is 2. The molecule has 116 valence electrons. The highest BCUT2D eigenvalue weighted by Gasteiger charge is 2.13. The van der Waals surface area contributed by atoms with Crippen molar-refractivity contribution in [1.82, 2.24) is 0 Å². The first-order valence-electron chi connectivity index (χ1n) is 6.93. The van der Waals surface area contributed by atoms with Crippen LogP contribution < -0.4 is 11.2 Å². The Morgan fingerprint density at radius 1 is 1.00 bits per heavy atom. The van der Waals surface area contributed by atoms with Gasteiger partial charge in [0.1, 0.15) is 5.69 Å². The van der Waals surface area contributed by atoms with Crippen LogP contribution in [0.5, 0.6) is 0 Å². The summed E-state index contributed by atoms with van der Waals surface area (Å²) in [6.07, 6.45) is 0. The molecule has 0 saturated carbocycles. The number of hydrogen-bond acceptors (Lipinski definition) is 2. The maximum atomic E-state index is 13.5. The Kier molecular flexibility index (Phi) is 4.45. The van der Waals surface area contributed by atoms with Crippen molar-refractivity contribution in [3.8, 4) is 0 Å². The van der Waals surface area contributed by atoms with Crippen molar-refractivity contribution in [2.75, 3.05) is 5.43 Å². The molecular weight excluding hydrogens is 284 g/mol. The Bertz CT molecular complexity index is 666. The van der Waals surface area contributed by atoms with Crippen molar-refractivity contribution in [3.05, 3.63) is 65.2 Å². The molecule has 0 aliphatic rings. The third kappa shape index (κ3) is 3.61. The van der Waals surface area contributed by atoms with Gasteiger partial charge in [-0.25, -0.2) is 8.78 Å². The van der Waals surface area contributed by atoms with Gasteiger partial charge in [0.25, 0.3) is 0 Å². The molecule has 2 aromatic carbocycles. The van der Waals surface area contributed by atoms with E-state index in [0.29, 0.717) is 5.56 Å². The Morgan fingerprint density at radius 2 is 1.55 bits per heavy atom. The molecule has 0 bridgehead atoms. The predicted octanol–water partition coefficient (Wildman–Crippen LogP) is 3.99. The smallest absolute Gasteiger partial charge is 0.151 e. The van der Waals surface area contributed by atoms with Crippen LogP contribution in [-0.2, 0) is 5.41 Å². The van der Waals surface area contributed by atoms with E-state index in [-0.39, 0.29) is 16.9 Å². The van der Waals surface area contributed by atoms with E-state index < -0.39 is 11.6 Å². The zero-order valence-corrected chi connectivity index (χ0v) is 12.8. The molecule has 0 heterocycles.